The maximum atomic E-state index is 11.4. The summed E-state index contributed by atoms with van der Waals surface area (Å²) in [6.45, 7) is 12.9. The number of carbonyl (C=O) groups excluding carboxylic acids is 1. The van der Waals surface area contributed by atoms with Crippen molar-refractivity contribution in [2.24, 2.45) is 0 Å². The van der Waals surface area contributed by atoms with Crippen molar-refractivity contribution in [1.29, 1.82) is 0 Å². The number of rotatable bonds is 3. The van der Waals surface area contributed by atoms with E-state index in [9.17, 15) is 4.79 Å². The Hall–Kier alpha value is -1.57. The number of hydrogen-bond acceptors (Lipinski definition) is 2. The molecule has 2 nitrogen and oxygen atoms in total. The lowest BCUT2D eigenvalue weighted by atomic mass is 9.98. The minimum atomic E-state index is -0.614. The molecule has 1 aromatic carbocycles. The summed E-state index contributed by atoms with van der Waals surface area (Å²) in [5.41, 5.74) is 0.774. The van der Waals surface area contributed by atoms with Gasteiger partial charge in [-0.2, -0.15) is 0 Å². The average molecular weight is 234 g/mol. The molecule has 0 heterocycles. The number of hydrogen-bond donors (Lipinski definition) is 0. The monoisotopic (exact) mass is 234 g/mol. The van der Waals surface area contributed by atoms with Crippen LogP contribution < -0.4 is 0 Å². The van der Waals surface area contributed by atoms with Crippen LogP contribution in [0, 0.1) is 0 Å². The molecule has 0 aliphatic rings. The first kappa shape index (κ1) is 15.4. The molecule has 0 unspecified atom stereocenters. The van der Waals surface area contributed by atoms with Crippen LogP contribution in [0.25, 0.3) is 0 Å². The van der Waals surface area contributed by atoms with E-state index in [0.29, 0.717) is 5.57 Å². The van der Waals surface area contributed by atoms with Gasteiger partial charge in [0, 0.05) is 5.57 Å². The third-order valence-electron chi connectivity index (χ3n) is 2.17. The third kappa shape index (κ3) is 4.85. The highest BCUT2D eigenvalue weighted by molar-refractivity contribution is 5.87. The fraction of sp³-hybridized carbons (Fsp3) is 0.400. The summed E-state index contributed by atoms with van der Waals surface area (Å²) in [5, 5.41) is 0. The highest BCUT2D eigenvalue weighted by Gasteiger charge is 2.24. The first-order chi connectivity index (χ1) is 7.93. The van der Waals surface area contributed by atoms with Crippen molar-refractivity contribution in [3.63, 3.8) is 0 Å². The molecule has 0 radical (unpaired) electrons. The van der Waals surface area contributed by atoms with Crippen LogP contribution in [-0.2, 0) is 15.1 Å². The summed E-state index contributed by atoms with van der Waals surface area (Å²) in [5.74, 6) is -0.358. The first-order valence-corrected chi connectivity index (χ1v) is 5.88. The van der Waals surface area contributed by atoms with Crippen LogP contribution in [0.1, 0.15) is 40.2 Å². The molecule has 0 fully saturated rings. The normalized spacial score (nSPS) is 9.94. The minimum absolute atomic E-state index is 0.358. The van der Waals surface area contributed by atoms with Crippen molar-refractivity contribution in [2.45, 2.75) is 40.2 Å². The van der Waals surface area contributed by atoms with Gasteiger partial charge in [0.15, 0.2) is 0 Å². The second kappa shape index (κ2) is 6.89. The molecular weight excluding hydrogens is 212 g/mol. The van der Waals surface area contributed by atoms with Gasteiger partial charge in [0.05, 0.1) is 0 Å². The summed E-state index contributed by atoms with van der Waals surface area (Å²) in [4.78, 5) is 11.4. The van der Waals surface area contributed by atoms with Gasteiger partial charge in [-0.25, -0.2) is 4.79 Å². The van der Waals surface area contributed by atoms with E-state index < -0.39 is 5.60 Å². The van der Waals surface area contributed by atoms with Gasteiger partial charge < -0.3 is 4.74 Å². The molecule has 17 heavy (non-hydrogen) atoms. The third-order valence-corrected chi connectivity index (χ3v) is 2.17. The molecular formula is C15H22O2. The molecule has 0 bridgehead atoms. The average Bonchev–Trinajstić information content (AvgIpc) is 2.32. The molecule has 0 saturated carbocycles. The molecule has 0 aromatic heterocycles. The Morgan fingerprint density at radius 1 is 1.18 bits per heavy atom. The van der Waals surface area contributed by atoms with E-state index >= 15 is 0 Å². The van der Waals surface area contributed by atoms with Crippen LogP contribution >= 0.6 is 0 Å². The molecule has 2 heteroatoms. The second-order valence-electron chi connectivity index (χ2n) is 4.05. The van der Waals surface area contributed by atoms with Crippen LogP contribution in [-0.4, -0.2) is 5.97 Å². The van der Waals surface area contributed by atoms with Gasteiger partial charge in [-0.1, -0.05) is 50.8 Å². The van der Waals surface area contributed by atoms with Crippen LogP contribution in [0.15, 0.2) is 42.5 Å². The van der Waals surface area contributed by atoms with E-state index in [1.165, 1.54) is 0 Å². The second-order valence-corrected chi connectivity index (χ2v) is 4.05. The molecule has 0 saturated heterocycles. The Balaban J connectivity index is 0.00000121. The molecule has 0 atom stereocenters. The fourth-order valence-corrected chi connectivity index (χ4v) is 1.22. The van der Waals surface area contributed by atoms with E-state index in [1.54, 1.807) is 6.92 Å². The van der Waals surface area contributed by atoms with Crippen molar-refractivity contribution >= 4 is 5.97 Å². The Morgan fingerprint density at radius 3 is 2.06 bits per heavy atom. The maximum Gasteiger partial charge on any atom is 0.333 e. The van der Waals surface area contributed by atoms with Crippen LogP contribution in [0.4, 0.5) is 0 Å². The van der Waals surface area contributed by atoms with Crippen molar-refractivity contribution in [1.82, 2.24) is 0 Å². The molecule has 0 aliphatic carbocycles. The molecule has 1 aromatic rings. The van der Waals surface area contributed by atoms with Gasteiger partial charge in [0.1, 0.15) is 5.60 Å². The Bertz CT molecular complexity index is 364. The molecule has 0 amide bonds. The van der Waals surface area contributed by atoms with E-state index in [-0.39, 0.29) is 5.97 Å². The summed E-state index contributed by atoms with van der Waals surface area (Å²) < 4.78 is 5.35. The lowest BCUT2D eigenvalue weighted by Crippen LogP contribution is -2.25. The molecule has 94 valence electrons. The van der Waals surface area contributed by atoms with Gasteiger partial charge in [-0.15, -0.1) is 0 Å². The van der Waals surface area contributed by atoms with Gasteiger partial charge in [0.25, 0.3) is 0 Å². The zero-order valence-corrected chi connectivity index (χ0v) is 11.4. The Labute approximate surface area is 104 Å². The van der Waals surface area contributed by atoms with Gasteiger partial charge in [-0.3, -0.25) is 0 Å². The highest BCUT2D eigenvalue weighted by Crippen LogP contribution is 2.25. The van der Waals surface area contributed by atoms with E-state index in [1.807, 2.05) is 58.0 Å². The Morgan fingerprint density at radius 2 is 1.65 bits per heavy atom. The zero-order chi connectivity index (χ0) is 13.5. The van der Waals surface area contributed by atoms with Crippen molar-refractivity contribution in [3.05, 3.63) is 48.0 Å². The molecule has 0 aliphatic heterocycles. The topological polar surface area (TPSA) is 26.3 Å². The predicted octanol–water partition coefficient (Wildman–Crippen LogP) is 4.07. The van der Waals surface area contributed by atoms with E-state index in [2.05, 4.69) is 6.58 Å². The smallest absolute Gasteiger partial charge is 0.333 e. The summed E-state index contributed by atoms with van der Waals surface area (Å²) in [6.07, 6.45) is 0. The number of esters is 1. The predicted molar refractivity (Wildman–Crippen MR) is 71.7 cm³/mol. The summed E-state index contributed by atoms with van der Waals surface area (Å²) in [6, 6.07) is 9.65. The Kier molecular flexibility index (Phi) is 6.26. The zero-order valence-electron chi connectivity index (χ0n) is 11.4. The van der Waals surface area contributed by atoms with Crippen molar-refractivity contribution < 1.29 is 9.53 Å². The molecule has 1 rings (SSSR count). The number of benzene rings is 1. The molecule has 0 spiro atoms. The maximum absolute atomic E-state index is 11.4. The van der Waals surface area contributed by atoms with Gasteiger partial charge >= 0.3 is 5.97 Å². The van der Waals surface area contributed by atoms with Gasteiger partial charge in [-0.05, 0) is 26.3 Å². The van der Waals surface area contributed by atoms with Crippen molar-refractivity contribution in [2.75, 3.05) is 0 Å². The van der Waals surface area contributed by atoms with E-state index in [4.69, 9.17) is 4.74 Å². The lowest BCUT2D eigenvalue weighted by molar-refractivity contribution is -0.152. The summed E-state index contributed by atoms with van der Waals surface area (Å²) >= 11 is 0. The largest absolute Gasteiger partial charge is 0.451 e. The minimum Gasteiger partial charge on any atom is -0.451 e. The number of ether oxygens (including phenoxy) is 1. The van der Waals surface area contributed by atoms with E-state index in [0.717, 1.165) is 5.56 Å². The first-order valence-electron chi connectivity index (χ1n) is 5.88. The van der Waals surface area contributed by atoms with Crippen LogP contribution in [0.2, 0.25) is 0 Å². The van der Waals surface area contributed by atoms with Crippen LogP contribution in [0.5, 0.6) is 0 Å². The summed E-state index contributed by atoms with van der Waals surface area (Å²) in [7, 11) is 0. The van der Waals surface area contributed by atoms with Crippen LogP contribution in [0.3, 0.4) is 0 Å². The molecule has 0 N–H and O–H groups in total. The fourth-order valence-electron chi connectivity index (χ4n) is 1.22. The van der Waals surface area contributed by atoms with Gasteiger partial charge in [0.2, 0.25) is 0 Å². The highest BCUT2D eigenvalue weighted by atomic mass is 16.6. The SMILES string of the molecule is C=C(C)C(=O)OC(C)(C)c1ccccc1.CC. The number of carbonyl (C=O) groups is 1. The quantitative estimate of drug-likeness (QED) is 0.582. The van der Waals surface area contributed by atoms with Crippen molar-refractivity contribution in [3.8, 4) is 0 Å². The lowest BCUT2D eigenvalue weighted by Gasteiger charge is -2.25. The standard InChI is InChI=1S/C13H16O2.C2H6/c1-10(2)12(14)15-13(3,4)11-8-6-5-7-9-11;1-2/h5-9H,1H2,2-4H3;1-2H3.